The molecule has 3 aliphatic heterocycles. The summed E-state index contributed by atoms with van der Waals surface area (Å²) in [5.41, 5.74) is -0.127. The molecule has 3 heterocycles. The van der Waals surface area contributed by atoms with Gasteiger partial charge in [-0.05, 0) is 64.7 Å². The molecule has 3 fully saturated rings. The van der Waals surface area contributed by atoms with Gasteiger partial charge in [-0.2, -0.15) is 0 Å². The molecule has 0 saturated carbocycles. The number of piperidine rings is 3. The molecule has 3 amide bonds. The Morgan fingerprint density at radius 1 is 1.00 bits per heavy atom. The molecule has 6 nitrogen and oxygen atoms in total. The summed E-state index contributed by atoms with van der Waals surface area (Å²) in [5, 5.41) is 6.06. The van der Waals surface area contributed by atoms with Crippen molar-refractivity contribution in [2.75, 3.05) is 13.1 Å². The van der Waals surface area contributed by atoms with Crippen LogP contribution in [-0.4, -0.2) is 46.8 Å². The highest BCUT2D eigenvalue weighted by atomic mass is 16.2. The zero-order chi connectivity index (χ0) is 19.2. The number of carbonyl (C=O) groups excluding carboxylic acids is 3. The number of rotatable bonds is 2. The van der Waals surface area contributed by atoms with Crippen LogP contribution in [0.15, 0.2) is 0 Å². The minimum Gasteiger partial charge on any atom is -0.343 e. The first kappa shape index (κ1) is 19.3. The van der Waals surface area contributed by atoms with Crippen molar-refractivity contribution < 1.29 is 14.4 Å². The van der Waals surface area contributed by atoms with E-state index >= 15 is 0 Å². The van der Waals surface area contributed by atoms with Gasteiger partial charge in [0.05, 0.1) is 0 Å². The molecule has 6 heteroatoms. The lowest BCUT2D eigenvalue weighted by atomic mass is 9.71. The average Bonchev–Trinajstić information content (AvgIpc) is 2.42. The fraction of sp³-hybridized carbons (Fsp3) is 0.850. The highest BCUT2D eigenvalue weighted by molar-refractivity contribution is 5.98. The summed E-state index contributed by atoms with van der Waals surface area (Å²) < 4.78 is 0. The largest absolute Gasteiger partial charge is 0.343 e. The molecule has 2 N–H and O–H groups in total. The van der Waals surface area contributed by atoms with E-state index in [1.54, 1.807) is 0 Å². The van der Waals surface area contributed by atoms with E-state index in [0.717, 1.165) is 25.7 Å². The zero-order valence-electron chi connectivity index (χ0n) is 16.6. The van der Waals surface area contributed by atoms with Crippen molar-refractivity contribution in [2.24, 2.45) is 11.3 Å². The highest BCUT2D eigenvalue weighted by Gasteiger charge is 2.43. The molecule has 3 saturated heterocycles. The molecule has 3 aliphatic rings. The summed E-state index contributed by atoms with van der Waals surface area (Å²) in [6, 6.07) is 0. The van der Waals surface area contributed by atoms with Crippen molar-refractivity contribution >= 4 is 17.7 Å². The quantitative estimate of drug-likeness (QED) is 0.736. The third-order valence-corrected chi connectivity index (χ3v) is 6.26. The van der Waals surface area contributed by atoms with E-state index in [4.69, 9.17) is 0 Å². The van der Waals surface area contributed by atoms with Crippen LogP contribution in [0.25, 0.3) is 0 Å². The maximum atomic E-state index is 12.8. The van der Waals surface area contributed by atoms with Crippen LogP contribution in [0.5, 0.6) is 0 Å². The van der Waals surface area contributed by atoms with Gasteiger partial charge in [0.1, 0.15) is 0 Å². The number of carbonyl (C=O) groups is 3. The van der Waals surface area contributed by atoms with Gasteiger partial charge in [-0.15, -0.1) is 0 Å². The van der Waals surface area contributed by atoms with E-state index in [2.05, 4.69) is 38.3 Å². The lowest BCUT2D eigenvalue weighted by Crippen LogP contribution is -2.58. The molecule has 0 atom stereocenters. The van der Waals surface area contributed by atoms with Gasteiger partial charge in [0.2, 0.25) is 17.7 Å². The molecule has 0 aromatic rings. The predicted octanol–water partition coefficient (Wildman–Crippen LogP) is 1.98. The zero-order valence-corrected chi connectivity index (χ0v) is 16.6. The predicted molar refractivity (Wildman–Crippen MR) is 99.3 cm³/mol. The Balaban J connectivity index is 1.55. The molecule has 146 valence electrons. The van der Waals surface area contributed by atoms with Crippen LogP contribution in [0.4, 0.5) is 0 Å². The van der Waals surface area contributed by atoms with E-state index in [1.807, 2.05) is 4.90 Å². The molecule has 0 unspecified atom stereocenters. The van der Waals surface area contributed by atoms with Crippen LogP contribution >= 0.6 is 0 Å². The monoisotopic (exact) mass is 363 g/mol. The second kappa shape index (κ2) is 6.63. The van der Waals surface area contributed by atoms with Gasteiger partial charge < -0.3 is 10.2 Å². The Hall–Kier alpha value is -1.43. The smallest absolute Gasteiger partial charge is 0.227 e. The molecule has 0 aromatic heterocycles. The van der Waals surface area contributed by atoms with E-state index < -0.39 is 0 Å². The first-order valence-electron chi connectivity index (χ1n) is 9.88. The first-order chi connectivity index (χ1) is 12.0. The highest BCUT2D eigenvalue weighted by Crippen LogP contribution is 2.41. The number of hydrogen-bond acceptors (Lipinski definition) is 4. The summed E-state index contributed by atoms with van der Waals surface area (Å²) in [5.74, 6) is 0.289. The van der Waals surface area contributed by atoms with Crippen molar-refractivity contribution in [3.63, 3.8) is 0 Å². The van der Waals surface area contributed by atoms with Crippen molar-refractivity contribution in [3.8, 4) is 0 Å². The van der Waals surface area contributed by atoms with Gasteiger partial charge >= 0.3 is 0 Å². The molecule has 0 aromatic carbocycles. The Labute approximate surface area is 156 Å². The second-order valence-electron chi connectivity index (χ2n) is 10.1. The van der Waals surface area contributed by atoms with Gasteiger partial charge in [0, 0.05) is 43.4 Å². The maximum absolute atomic E-state index is 12.8. The van der Waals surface area contributed by atoms with E-state index in [0.29, 0.717) is 38.3 Å². The third kappa shape index (κ3) is 4.45. The van der Waals surface area contributed by atoms with E-state index in [-0.39, 0.29) is 34.2 Å². The lowest BCUT2D eigenvalue weighted by Gasteiger charge is -2.47. The number of hydrogen-bond donors (Lipinski definition) is 2. The molecule has 0 aliphatic carbocycles. The summed E-state index contributed by atoms with van der Waals surface area (Å²) in [7, 11) is 0. The second-order valence-corrected chi connectivity index (χ2v) is 10.1. The topological polar surface area (TPSA) is 78.5 Å². The number of imide groups is 1. The number of nitrogens with one attached hydrogen (secondary N) is 2. The number of amides is 3. The van der Waals surface area contributed by atoms with Crippen LogP contribution in [0, 0.1) is 11.3 Å². The van der Waals surface area contributed by atoms with Crippen LogP contribution in [0.2, 0.25) is 0 Å². The Bertz CT molecular complexity index is 569. The first-order valence-corrected chi connectivity index (χ1v) is 9.88. The molecule has 1 spiro atoms. The minimum absolute atomic E-state index is 0.0501. The minimum atomic E-state index is -0.227. The molecule has 0 bridgehead atoms. The summed E-state index contributed by atoms with van der Waals surface area (Å²) >= 11 is 0. The lowest BCUT2D eigenvalue weighted by molar-refractivity contribution is -0.141. The average molecular weight is 364 g/mol. The maximum Gasteiger partial charge on any atom is 0.227 e. The SMILES string of the molecule is CC1(C)CC(CC(=O)N2CCC3(CC2)CC(=O)NC(=O)C3)CC(C)(C)N1. The normalized spacial score (nSPS) is 28.1. The third-order valence-electron chi connectivity index (χ3n) is 6.26. The van der Waals surface area contributed by atoms with Crippen molar-refractivity contribution in [2.45, 2.75) is 83.7 Å². The van der Waals surface area contributed by atoms with Gasteiger partial charge in [0.25, 0.3) is 0 Å². The summed E-state index contributed by atoms with van der Waals surface area (Å²) in [6.07, 6.45) is 4.95. The molecule has 0 radical (unpaired) electrons. The van der Waals surface area contributed by atoms with E-state index in [9.17, 15) is 14.4 Å². The van der Waals surface area contributed by atoms with Crippen LogP contribution in [0.3, 0.4) is 0 Å². The molecular formula is C20H33N3O3. The Morgan fingerprint density at radius 3 is 2.00 bits per heavy atom. The standard InChI is InChI=1S/C20H33N3O3/c1-18(2)10-14(11-19(3,4)22-18)9-17(26)23-7-5-20(6-8-23)12-15(24)21-16(25)13-20/h14,22H,5-13H2,1-4H3,(H,21,24,25). The number of nitrogens with zero attached hydrogens (tertiary/aromatic N) is 1. The van der Waals surface area contributed by atoms with Crippen LogP contribution in [-0.2, 0) is 14.4 Å². The van der Waals surface area contributed by atoms with Crippen molar-refractivity contribution in [3.05, 3.63) is 0 Å². The van der Waals surface area contributed by atoms with Crippen molar-refractivity contribution in [1.82, 2.24) is 15.5 Å². The Kier molecular flexibility index (Phi) is 4.93. The van der Waals surface area contributed by atoms with Gasteiger partial charge in [-0.1, -0.05) is 0 Å². The summed E-state index contributed by atoms with van der Waals surface area (Å²) in [6.45, 7) is 10.2. The number of likely N-dealkylation sites (tertiary alicyclic amines) is 1. The van der Waals surface area contributed by atoms with Crippen LogP contribution < -0.4 is 10.6 Å². The van der Waals surface area contributed by atoms with E-state index in [1.165, 1.54) is 0 Å². The Morgan fingerprint density at radius 2 is 1.50 bits per heavy atom. The molecule has 26 heavy (non-hydrogen) atoms. The van der Waals surface area contributed by atoms with Crippen molar-refractivity contribution in [1.29, 1.82) is 0 Å². The molecular weight excluding hydrogens is 330 g/mol. The fourth-order valence-electron chi connectivity index (χ4n) is 5.63. The fourth-order valence-corrected chi connectivity index (χ4v) is 5.63. The van der Waals surface area contributed by atoms with Gasteiger partial charge in [-0.3, -0.25) is 19.7 Å². The molecule has 3 rings (SSSR count). The van der Waals surface area contributed by atoms with Gasteiger partial charge in [-0.25, -0.2) is 0 Å². The van der Waals surface area contributed by atoms with Crippen LogP contribution in [0.1, 0.15) is 72.6 Å². The van der Waals surface area contributed by atoms with Gasteiger partial charge in [0.15, 0.2) is 0 Å². The summed E-state index contributed by atoms with van der Waals surface area (Å²) in [4.78, 5) is 38.3.